The van der Waals surface area contributed by atoms with Crippen LogP contribution in [0.4, 0.5) is 32.0 Å². The van der Waals surface area contributed by atoms with Crippen LogP contribution in [0.2, 0.25) is 0 Å². The van der Waals surface area contributed by atoms with Crippen molar-refractivity contribution in [1.29, 1.82) is 0 Å². The van der Waals surface area contributed by atoms with Gasteiger partial charge in [0.2, 0.25) is 0 Å². The number of nitrogens with one attached hydrogen (secondary N) is 1. The highest BCUT2D eigenvalue weighted by Gasteiger charge is 2.38. The van der Waals surface area contributed by atoms with Gasteiger partial charge < -0.3 is 0 Å². The predicted octanol–water partition coefficient (Wildman–Crippen LogP) is 6.60. The van der Waals surface area contributed by atoms with E-state index in [1.165, 1.54) is 12.3 Å². The van der Waals surface area contributed by atoms with Crippen molar-refractivity contribution in [3.63, 3.8) is 0 Å². The Morgan fingerprint density at radius 2 is 1.43 bits per heavy atom. The summed E-state index contributed by atoms with van der Waals surface area (Å²) in [5, 5.41) is 0.471. The van der Waals surface area contributed by atoms with Crippen molar-refractivity contribution in [2.75, 3.05) is 4.72 Å². The largest absolute Gasteiger partial charge is 0.416 e. The monoisotopic (exact) mass is 576 g/mol. The summed E-state index contributed by atoms with van der Waals surface area (Å²) in [6.07, 6.45) is -9.01. The standard InChI is InChI=1S/C17H8Br2F6N2O2S/c18-12-7-13(19)15(14-11(12)2-1-3-26-14)27-30(28,29)10-5-8(16(20,21)22)4-9(6-10)17(23,24)25/h1-7,27H. The molecular weight excluding hydrogens is 570 g/mol. The Labute approximate surface area is 182 Å². The van der Waals surface area contributed by atoms with Gasteiger partial charge in [0, 0.05) is 20.5 Å². The zero-order valence-corrected chi connectivity index (χ0v) is 18.2. The van der Waals surface area contributed by atoms with E-state index in [1.54, 1.807) is 12.1 Å². The number of hydrogen-bond donors (Lipinski definition) is 1. The topological polar surface area (TPSA) is 59.1 Å². The summed E-state index contributed by atoms with van der Waals surface area (Å²) in [6, 6.07) is 4.77. The van der Waals surface area contributed by atoms with Crippen LogP contribution in [-0.2, 0) is 22.4 Å². The van der Waals surface area contributed by atoms with Gasteiger partial charge >= 0.3 is 12.4 Å². The van der Waals surface area contributed by atoms with Crippen molar-refractivity contribution < 1.29 is 34.8 Å². The van der Waals surface area contributed by atoms with Crippen LogP contribution in [-0.4, -0.2) is 13.4 Å². The van der Waals surface area contributed by atoms with Crippen molar-refractivity contribution in [2.24, 2.45) is 0 Å². The molecule has 0 amide bonds. The first-order valence-corrected chi connectivity index (χ1v) is 10.8. The van der Waals surface area contributed by atoms with Crippen LogP contribution in [0.3, 0.4) is 0 Å². The minimum absolute atomic E-state index is 0.130. The predicted molar refractivity (Wildman–Crippen MR) is 104 cm³/mol. The summed E-state index contributed by atoms with van der Waals surface area (Å²) in [4.78, 5) is 2.86. The van der Waals surface area contributed by atoms with Gasteiger partial charge in [-0.05, 0) is 46.3 Å². The van der Waals surface area contributed by atoms with Gasteiger partial charge in [-0.3, -0.25) is 9.71 Å². The molecule has 0 aliphatic heterocycles. The average Bonchev–Trinajstić information content (AvgIpc) is 2.63. The zero-order valence-electron chi connectivity index (χ0n) is 14.2. The lowest BCUT2D eigenvalue weighted by atomic mass is 10.1. The maximum Gasteiger partial charge on any atom is 0.416 e. The fraction of sp³-hybridized carbons (Fsp3) is 0.118. The number of benzene rings is 2. The third-order valence-corrected chi connectivity index (χ3v) is 6.51. The van der Waals surface area contributed by atoms with E-state index >= 15 is 0 Å². The van der Waals surface area contributed by atoms with E-state index in [-0.39, 0.29) is 33.9 Å². The van der Waals surface area contributed by atoms with Gasteiger partial charge in [-0.1, -0.05) is 22.0 Å². The Bertz CT molecular complexity index is 1210. The van der Waals surface area contributed by atoms with Crippen LogP contribution >= 0.6 is 31.9 Å². The molecular formula is C17H8Br2F6N2O2S. The molecule has 0 saturated carbocycles. The Morgan fingerprint density at radius 3 is 1.97 bits per heavy atom. The summed E-state index contributed by atoms with van der Waals surface area (Å²) in [7, 11) is -4.84. The molecule has 0 aliphatic rings. The molecule has 2 aromatic carbocycles. The van der Waals surface area contributed by atoms with E-state index < -0.39 is 38.4 Å². The number of fused-ring (bicyclic) bond motifs is 1. The van der Waals surface area contributed by atoms with E-state index in [4.69, 9.17) is 0 Å². The van der Waals surface area contributed by atoms with Crippen molar-refractivity contribution in [3.05, 3.63) is 62.7 Å². The molecule has 3 rings (SSSR count). The molecule has 3 aromatic rings. The number of anilines is 1. The molecule has 1 N–H and O–H groups in total. The van der Waals surface area contributed by atoms with Gasteiger partial charge in [0.05, 0.1) is 27.2 Å². The molecule has 0 aliphatic carbocycles. The summed E-state index contributed by atoms with van der Waals surface area (Å²) in [6.45, 7) is 0. The van der Waals surface area contributed by atoms with Gasteiger partial charge in [-0.25, -0.2) is 8.42 Å². The minimum Gasteiger partial charge on any atom is -0.276 e. The number of hydrogen-bond acceptors (Lipinski definition) is 3. The molecule has 0 saturated heterocycles. The minimum atomic E-state index is -5.18. The number of aromatic nitrogens is 1. The van der Waals surface area contributed by atoms with Gasteiger partial charge in [0.1, 0.15) is 0 Å². The van der Waals surface area contributed by atoms with Crippen LogP contribution in [0.15, 0.2) is 56.4 Å². The van der Waals surface area contributed by atoms with E-state index in [1.807, 2.05) is 4.72 Å². The summed E-state index contributed by atoms with van der Waals surface area (Å²) < 4.78 is 107. The molecule has 30 heavy (non-hydrogen) atoms. The first kappa shape index (κ1) is 22.8. The SMILES string of the molecule is O=S(=O)(Nc1c(Br)cc(Br)c2cccnc12)c1cc(C(F)(F)F)cc(C(F)(F)F)c1. The summed E-state index contributed by atoms with van der Waals surface area (Å²) in [5.74, 6) is 0. The number of nitrogens with zero attached hydrogens (tertiary/aromatic N) is 1. The molecule has 0 spiro atoms. The average molecular weight is 578 g/mol. The summed E-state index contributed by atoms with van der Waals surface area (Å²) >= 11 is 6.40. The number of sulfonamides is 1. The number of rotatable bonds is 3. The fourth-order valence-corrected chi connectivity index (χ4v) is 5.20. The normalized spacial score (nSPS) is 12.9. The van der Waals surface area contributed by atoms with Crippen molar-refractivity contribution in [2.45, 2.75) is 17.2 Å². The van der Waals surface area contributed by atoms with Crippen LogP contribution in [0.5, 0.6) is 0 Å². The second-order valence-electron chi connectivity index (χ2n) is 5.96. The van der Waals surface area contributed by atoms with Gasteiger partial charge in [-0.15, -0.1) is 0 Å². The molecule has 0 radical (unpaired) electrons. The number of alkyl halides is 6. The molecule has 0 atom stereocenters. The Hall–Kier alpha value is -1.86. The fourth-order valence-electron chi connectivity index (χ4n) is 2.54. The Balaban J connectivity index is 2.19. The van der Waals surface area contributed by atoms with Gasteiger partial charge in [0.25, 0.3) is 10.0 Å². The molecule has 13 heteroatoms. The maximum absolute atomic E-state index is 13.1. The van der Waals surface area contributed by atoms with Crippen LogP contribution in [0, 0.1) is 0 Å². The zero-order chi connectivity index (χ0) is 22.5. The second-order valence-corrected chi connectivity index (χ2v) is 9.35. The third-order valence-electron chi connectivity index (χ3n) is 3.90. The Kier molecular flexibility index (Phi) is 5.84. The quantitative estimate of drug-likeness (QED) is 0.357. The third kappa shape index (κ3) is 4.57. The van der Waals surface area contributed by atoms with Gasteiger partial charge in [0.15, 0.2) is 0 Å². The first-order valence-electron chi connectivity index (χ1n) is 7.75. The first-order chi connectivity index (χ1) is 13.7. The molecule has 0 unspecified atom stereocenters. The number of pyridine rings is 1. The lowest BCUT2D eigenvalue weighted by molar-refractivity contribution is -0.143. The smallest absolute Gasteiger partial charge is 0.276 e. The lowest BCUT2D eigenvalue weighted by Gasteiger charge is -2.16. The van der Waals surface area contributed by atoms with Crippen molar-refractivity contribution >= 4 is 58.5 Å². The van der Waals surface area contributed by atoms with Crippen LogP contribution in [0.1, 0.15) is 11.1 Å². The highest BCUT2D eigenvalue weighted by Crippen LogP contribution is 2.39. The van der Waals surface area contributed by atoms with Crippen molar-refractivity contribution in [3.8, 4) is 0 Å². The molecule has 160 valence electrons. The van der Waals surface area contributed by atoms with E-state index in [0.29, 0.717) is 9.86 Å². The summed E-state index contributed by atoms with van der Waals surface area (Å²) in [5.41, 5.74) is -3.49. The van der Waals surface area contributed by atoms with E-state index in [9.17, 15) is 34.8 Å². The highest BCUT2D eigenvalue weighted by atomic mass is 79.9. The molecule has 1 aromatic heterocycles. The number of halogens is 8. The second kappa shape index (κ2) is 7.68. The lowest BCUT2D eigenvalue weighted by Crippen LogP contribution is -2.18. The van der Waals surface area contributed by atoms with E-state index in [0.717, 1.165) is 0 Å². The van der Waals surface area contributed by atoms with Gasteiger partial charge in [-0.2, -0.15) is 26.3 Å². The van der Waals surface area contributed by atoms with Crippen molar-refractivity contribution in [1.82, 2.24) is 4.98 Å². The highest BCUT2D eigenvalue weighted by molar-refractivity contribution is 9.11. The molecule has 1 heterocycles. The molecule has 0 fully saturated rings. The maximum atomic E-state index is 13.1. The molecule has 0 bridgehead atoms. The van der Waals surface area contributed by atoms with E-state index in [2.05, 4.69) is 36.8 Å². The Morgan fingerprint density at radius 1 is 0.867 bits per heavy atom. The van der Waals surface area contributed by atoms with Crippen LogP contribution in [0.25, 0.3) is 10.9 Å². The van der Waals surface area contributed by atoms with Crippen LogP contribution < -0.4 is 4.72 Å². The molecule has 4 nitrogen and oxygen atoms in total.